The van der Waals surface area contributed by atoms with Crippen LogP contribution in [0, 0.1) is 10.1 Å². The molecule has 25 heavy (non-hydrogen) atoms. The first-order valence-electron chi connectivity index (χ1n) is 7.15. The highest BCUT2D eigenvalue weighted by Crippen LogP contribution is 2.39. The number of halogens is 2. The Bertz CT molecular complexity index is 911. The van der Waals surface area contributed by atoms with E-state index < -0.39 is 31.1 Å². The summed E-state index contributed by atoms with van der Waals surface area (Å²) in [5, 5.41) is 21.5. The Morgan fingerprint density at radius 3 is 2.68 bits per heavy atom. The van der Waals surface area contributed by atoms with Gasteiger partial charge in [0.2, 0.25) is 21.6 Å². The number of anilines is 1. The number of aromatic nitrogens is 2. The smallest absolute Gasteiger partial charge is 0.341 e. The fourth-order valence-electron chi connectivity index (χ4n) is 2.10. The number of benzene rings is 1. The Kier molecular flexibility index (Phi) is 4.37. The predicted molar refractivity (Wildman–Crippen MR) is 79.9 cm³/mol. The molecule has 1 aromatic heterocycles. The molecule has 1 saturated carbocycles. The minimum Gasteiger partial charge on any atom is -0.423 e. The number of hydrogen-bond acceptors (Lipinski definition) is 8. The lowest BCUT2D eigenvalue weighted by molar-refractivity contribution is -0.384. The SMILES string of the molecule is O=[N+]([O-])c1cc(S(=O)(=O)C(F)F)ccc1NCc1nnc(C2CC2)o1. The number of nitrogens with zero attached hydrogens (tertiary/aromatic N) is 3. The molecule has 1 N–H and O–H groups in total. The van der Waals surface area contributed by atoms with Crippen LogP contribution >= 0.6 is 0 Å². The van der Waals surface area contributed by atoms with Gasteiger partial charge in [-0.2, -0.15) is 8.78 Å². The molecule has 1 aliphatic rings. The number of nitro groups is 1. The molecule has 0 spiro atoms. The van der Waals surface area contributed by atoms with Crippen LogP contribution in [0.4, 0.5) is 20.2 Å². The van der Waals surface area contributed by atoms with Gasteiger partial charge in [0.05, 0.1) is 16.4 Å². The number of sulfone groups is 1. The minimum absolute atomic E-state index is 0.0263. The molecular formula is C13H12F2N4O5S. The lowest BCUT2D eigenvalue weighted by Crippen LogP contribution is -2.12. The summed E-state index contributed by atoms with van der Waals surface area (Å²) in [6, 6.07) is 2.51. The van der Waals surface area contributed by atoms with Crippen LogP contribution in [-0.4, -0.2) is 29.3 Å². The minimum atomic E-state index is -4.92. The molecule has 1 fully saturated rings. The molecule has 0 radical (unpaired) electrons. The molecule has 0 unspecified atom stereocenters. The molecule has 0 aliphatic heterocycles. The van der Waals surface area contributed by atoms with Crippen LogP contribution in [0.1, 0.15) is 30.5 Å². The summed E-state index contributed by atoms with van der Waals surface area (Å²) in [6.07, 6.45) is 1.95. The third-order valence-corrected chi connectivity index (χ3v) is 4.95. The molecule has 0 saturated heterocycles. The first-order valence-corrected chi connectivity index (χ1v) is 8.70. The van der Waals surface area contributed by atoms with Crippen molar-refractivity contribution in [1.82, 2.24) is 10.2 Å². The van der Waals surface area contributed by atoms with Gasteiger partial charge in [-0.05, 0) is 25.0 Å². The van der Waals surface area contributed by atoms with Crippen molar-refractivity contribution in [2.75, 3.05) is 5.32 Å². The summed E-state index contributed by atoms with van der Waals surface area (Å²) in [5.41, 5.74) is -0.701. The predicted octanol–water partition coefficient (Wildman–Crippen LogP) is 2.46. The Balaban J connectivity index is 1.81. The van der Waals surface area contributed by atoms with Gasteiger partial charge in [-0.15, -0.1) is 10.2 Å². The van der Waals surface area contributed by atoms with Crippen molar-refractivity contribution in [1.29, 1.82) is 0 Å². The van der Waals surface area contributed by atoms with Crippen molar-refractivity contribution in [3.8, 4) is 0 Å². The lowest BCUT2D eigenvalue weighted by Gasteiger charge is -2.07. The second-order valence-corrected chi connectivity index (χ2v) is 7.32. The standard InChI is InChI=1S/C13H12F2N4O5S/c14-13(15)25(22,23)8-3-4-9(10(5-8)19(20)21)16-6-11-17-18-12(24-11)7-1-2-7/h3-5,7,13,16H,1-2,6H2. The lowest BCUT2D eigenvalue weighted by atomic mass is 10.2. The van der Waals surface area contributed by atoms with Gasteiger partial charge in [-0.3, -0.25) is 10.1 Å². The van der Waals surface area contributed by atoms with Crippen LogP contribution in [0.5, 0.6) is 0 Å². The Hall–Kier alpha value is -2.63. The first kappa shape index (κ1) is 17.2. The van der Waals surface area contributed by atoms with E-state index in [0.29, 0.717) is 12.0 Å². The van der Waals surface area contributed by atoms with E-state index in [0.717, 1.165) is 25.0 Å². The summed E-state index contributed by atoms with van der Waals surface area (Å²) >= 11 is 0. The van der Waals surface area contributed by atoms with Crippen LogP contribution in [0.15, 0.2) is 27.5 Å². The van der Waals surface area contributed by atoms with Crippen LogP contribution in [0.25, 0.3) is 0 Å². The molecule has 2 aromatic rings. The van der Waals surface area contributed by atoms with Crippen molar-refractivity contribution >= 4 is 21.2 Å². The molecule has 9 nitrogen and oxygen atoms in total. The van der Waals surface area contributed by atoms with E-state index in [1.54, 1.807) is 0 Å². The van der Waals surface area contributed by atoms with Crippen molar-refractivity contribution in [3.05, 3.63) is 40.1 Å². The van der Waals surface area contributed by atoms with Crippen LogP contribution in [0.3, 0.4) is 0 Å². The molecule has 0 bridgehead atoms. The second-order valence-electron chi connectivity index (χ2n) is 5.40. The van der Waals surface area contributed by atoms with Crippen molar-refractivity contribution in [2.45, 2.75) is 36.0 Å². The van der Waals surface area contributed by atoms with Gasteiger partial charge >= 0.3 is 5.76 Å². The van der Waals surface area contributed by atoms with Crippen molar-refractivity contribution in [3.63, 3.8) is 0 Å². The average molecular weight is 374 g/mol. The Morgan fingerprint density at radius 1 is 1.36 bits per heavy atom. The van der Waals surface area contributed by atoms with E-state index in [-0.39, 0.29) is 24.0 Å². The van der Waals surface area contributed by atoms with E-state index in [9.17, 15) is 27.3 Å². The molecule has 134 valence electrons. The fraction of sp³-hybridized carbons (Fsp3) is 0.385. The van der Waals surface area contributed by atoms with Gasteiger partial charge in [0.1, 0.15) is 5.69 Å². The fourth-order valence-corrected chi connectivity index (χ4v) is 2.84. The number of alkyl halides is 2. The normalized spacial score (nSPS) is 14.7. The quantitative estimate of drug-likeness (QED) is 0.578. The molecular weight excluding hydrogens is 362 g/mol. The maximum atomic E-state index is 12.6. The van der Waals surface area contributed by atoms with Crippen molar-refractivity contribution < 1.29 is 26.5 Å². The average Bonchev–Trinajstić information content (AvgIpc) is 3.31. The summed E-state index contributed by atoms with van der Waals surface area (Å²) in [7, 11) is -4.92. The molecule has 12 heteroatoms. The second kappa shape index (κ2) is 6.35. The van der Waals surface area contributed by atoms with Crippen LogP contribution in [-0.2, 0) is 16.4 Å². The number of hydrogen-bond donors (Lipinski definition) is 1. The summed E-state index contributed by atoms with van der Waals surface area (Å²) in [4.78, 5) is 9.43. The van der Waals surface area contributed by atoms with Gasteiger partial charge in [-0.1, -0.05) is 0 Å². The maximum Gasteiger partial charge on any atom is 0.341 e. The number of nitro benzene ring substituents is 1. The van der Waals surface area contributed by atoms with Crippen molar-refractivity contribution in [2.24, 2.45) is 0 Å². The van der Waals surface area contributed by atoms with Crippen LogP contribution in [0.2, 0.25) is 0 Å². The summed E-state index contributed by atoms with van der Waals surface area (Å²) in [6.45, 7) is -0.0263. The molecule has 0 atom stereocenters. The van der Waals surface area contributed by atoms with E-state index in [1.807, 2.05) is 0 Å². The van der Waals surface area contributed by atoms with Gasteiger partial charge in [-0.25, -0.2) is 8.42 Å². The third kappa shape index (κ3) is 3.57. The molecule has 1 heterocycles. The zero-order chi connectivity index (χ0) is 18.2. The molecule has 1 aliphatic carbocycles. The summed E-state index contributed by atoms with van der Waals surface area (Å²) in [5.74, 6) is -2.69. The molecule has 0 amide bonds. The van der Waals surface area contributed by atoms with E-state index in [4.69, 9.17) is 4.42 Å². The maximum absolute atomic E-state index is 12.6. The highest BCUT2D eigenvalue weighted by atomic mass is 32.2. The van der Waals surface area contributed by atoms with E-state index >= 15 is 0 Å². The monoisotopic (exact) mass is 374 g/mol. The molecule has 3 rings (SSSR count). The number of rotatable bonds is 7. The highest BCUT2D eigenvalue weighted by Gasteiger charge is 2.30. The van der Waals surface area contributed by atoms with Gasteiger partial charge in [0, 0.05) is 12.0 Å². The Morgan fingerprint density at radius 2 is 2.08 bits per heavy atom. The van der Waals surface area contributed by atoms with E-state index in [1.165, 1.54) is 0 Å². The van der Waals surface area contributed by atoms with E-state index in [2.05, 4.69) is 15.5 Å². The topological polar surface area (TPSA) is 128 Å². The highest BCUT2D eigenvalue weighted by molar-refractivity contribution is 7.91. The van der Waals surface area contributed by atoms with Gasteiger partial charge in [0.25, 0.3) is 5.69 Å². The van der Waals surface area contributed by atoms with Crippen LogP contribution < -0.4 is 5.32 Å². The zero-order valence-corrected chi connectivity index (χ0v) is 13.4. The van der Waals surface area contributed by atoms with Gasteiger partial charge in [0.15, 0.2) is 0 Å². The van der Waals surface area contributed by atoms with Gasteiger partial charge < -0.3 is 9.73 Å². The molecule has 1 aromatic carbocycles. The number of nitrogens with one attached hydrogen (secondary N) is 1. The Labute approximate surface area is 140 Å². The first-order chi connectivity index (χ1) is 11.8. The summed E-state index contributed by atoms with van der Waals surface area (Å²) < 4.78 is 53.4. The third-order valence-electron chi connectivity index (χ3n) is 3.57. The largest absolute Gasteiger partial charge is 0.423 e. The zero-order valence-electron chi connectivity index (χ0n) is 12.6.